The predicted octanol–water partition coefficient (Wildman–Crippen LogP) is 4.23. The Morgan fingerprint density at radius 3 is 2.27 bits per heavy atom. The average molecular weight is 213 g/mol. The van der Waals surface area contributed by atoms with Gasteiger partial charge in [-0.15, -0.1) is 0 Å². The third-order valence-corrected chi connectivity index (χ3v) is 3.64. The summed E-state index contributed by atoms with van der Waals surface area (Å²) in [6.07, 6.45) is 9.97. The zero-order valence-electron chi connectivity index (χ0n) is 10.0. The molecule has 1 nitrogen and oxygen atoms in total. The van der Waals surface area contributed by atoms with Crippen molar-refractivity contribution in [3.8, 4) is 0 Å². The van der Waals surface area contributed by atoms with Gasteiger partial charge in [0.15, 0.2) is 0 Å². The number of hydrogen-bond acceptors (Lipinski definition) is 1. The summed E-state index contributed by atoms with van der Waals surface area (Å²) in [6.45, 7) is 7.17. The molecule has 0 spiro atoms. The summed E-state index contributed by atoms with van der Waals surface area (Å²) in [5, 5.41) is 3.47. The van der Waals surface area contributed by atoms with Crippen molar-refractivity contribution < 1.29 is 0 Å². The van der Waals surface area contributed by atoms with Gasteiger partial charge in [0.25, 0.3) is 0 Å². The molecule has 1 aliphatic rings. The van der Waals surface area contributed by atoms with Crippen LogP contribution in [-0.4, -0.2) is 13.1 Å². The molecule has 1 rings (SSSR count). The molecular formula is C14H31N. The van der Waals surface area contributed by atoms with E-state index in [0.717, 1.165) is 11.8 Å². The highest BCUT2D eigenvalue weighted by Gasteiger charge is 2.21. The number of rotatable bonds is 6. The van der Waals surface area contributed by atoms with Crippen LogP contribution in [0.4, 0.5) is 0 Å². The highest BCUT2D eigenvalue weighted by molar-refractivity contribution is 4.75. The molecule has 0 aliphatic carbocycles. The van der Waals surface area contributed by atoms with Crippen molar-refractivity contribution in [1.82, 2.24) is 5.32 Å². The van der Waals surface area contributed by atoms with Crippen molar-refractivity contribution in [1.29, 1.82) is 0 Å². The van der Waals surface area contributed by atoms with Crippen LogP contribution < -0.4 is 5.32 Å². The highest BCUT2D eigenvalue weighted by Crippen LogP contribution is 2.29. The molecule has 1 aliphatic heterocycles. The first-order chi connectivity index (χ1) is 6.88. The second-order valence-corrected chi connectivity index (χ2v) is 4.78. The van der Waals surface area contributed by atoms with E-state index < -0.39 is 0 Å². The molecule has 1 N–H and O–H groups in total. The summed E-state index contributed by atoms with van der Waals surface area (Å²) >= 11 is 0. The van der Waals surface area contributed by atoms with Crippen LogP contribution in [-0.2, 0) is 0 Å². The van der Waals surface area contributed by atoms with Crippen LogP contribution in [0.25, 0.3) is 0 Å². The van der Waals surface area contributed by atoms with Crippen LogP contribution in [0.3, 0.4) is 0 Å². The topological polar surface area (TPSA) is 12.0 Å². The molecule has 0 aromatic rings. The average Bonchev–Trinajstić information content (AvgIpc) is 2.25. The van der Waals surface area contributed by atoms with Crippen LogP contribution in [0.5, 0.6) is 0 Å². The minimum absolute atomic E-state index is 0. The zero-order valence-corrected chi connectivity index (χ0v) is 10.0. The van der Waals surface area contributed by atoms with Crippen molar-refractivity contribution in [3.63, 3.8) is 0 Å². The minimum atomic E-state index is 0. The van der Waals surface area contributed by atoms with Crippen LogP contribution in [0.15, 0.2) is 0 Å². The molecule has 15 heavy (non-hydrogen) atoms. The second-order valence-electron chi connectivity index (χ2n) is 4.78. The molecule has 1 fully saturated rings. The maximum Gasteiger partial charge on any atom is -0.00462 e. The molecule has 1 heteroatoms. The highest BCUT2D eigenvalue weighted by atomic mass is 14.9. The summed E-state index contributed by atoms with van der Waals surface area (Å²) in [4.78, 5) is 0. The van der Waals surface area contributed by atoms with Crippen LogP contribution in [0.2, 0.25) is 0 Å². The smallest absolute Gasteiger partial charge is 0.00462 e. The largest absolute Gasteiger partial charge is 0.317 e. The lowest BCUT2D eigenvalue weighted by Crippen LogP contribution is -2.31. The fraction of sp³-hybridized carbons (Fsp3) is 1.00. The molecule has 1 heterocycles. The van der Waals surface area contributed by atoms with Gasteiger partial charge in [-0.3, -0.25) is 0 Å². The van der Waals surface area contributed by atoms with E-state index in [2.05, 4.69) is 19.2 Å². The Balaban J connectivity index is 0.00000196. The quantitative estimate of drug-likeness (QED) is 0.696. The third kappa shape index (κ3) is 5.55. The van der Waals surface area contributed by atoms with E-state index in [1.807, 2.05) is 0 Å². The Morgan fingerprint density at radius 1 is 1.07 bits per heavy atom. The van der Waals surface area contributed by atoms with Gasteiger partial charge in [-0.2, -0.15) is 0 Å². The van der Waals surface area contributed by atoms with Gasteiger partial charge in [0.2, 0.25) is 0 Å². The van der Waals surface area contributed by atoms with E-state index in [4.69, 9.17) is 0 Å². The summed E-state index contributed by atoms with van der Waals surface area (Å²) in [7, 11) is 0. The molecule has 1 saturated heterocycles. The molecule has 0 aromatic carbocycles. The third-order valence-electron chi connectivity index (χ3n) is 3.64. The van der Waals surface area contributed by atoms with E-state index >= 15 is 0 Å². The van der Waals surface area contributed by atoms with Gasteiger partial charge in [-0.1, -0.05) is 53.4 Å². The lowest BCUT2D eigenvalue weighted by molar-refractivity contribution is 0.228. The van der Waals surface area contributed by atoms with E-state index in [1.54, 1.807) is 0 Å². The van der Waals surface area contributed by atoms with Gasteiger partial charge in [0.05, 0.1) is 0 Å². The molecular weight excluding hydrogens is 182 g/mol. The lowest BCUT2D eigenvalue weighted by atomic mass is 9.79. The Kier molecular flexibility index (Phi) is 9.18. The van der Waals surface area contributed by atoms with Crippen molar-refractivity contribution in [2.45, 2.75) is 66.2 Å². The molecule has 0 aromatic heterocycles. The molecule has 0 saturated carbocycles. The Labute approximate surface area is 97.0 Å². The Morgan fingerprint density at radius 2 is 1.73 bits per heavy atom. The standard InChI is InChI=1S/C13H27N.CH4/c1-3-5-7-12(6-4-2)13-8-10-14-11-9-13;/h12-14H,3-11H2,1-2H3;1H4. The second kappa shape index (κ2) is 9.21. The van der Waals surface area contributed by atoms with Crippen LogP contribution in [0.1, 0.15) is 66.2 Å². The van der Waals surface area contributed by atoms with E-state index in [-0.39, 0.29) is 7.43 Å². The van der Waals surface area contributed by atoms with Crippen LogP contribution >= 0.6 is 0 Å². The molecule has 1 atom stereocenters. The van der Waals surface area contributed by atoms with Gasteiger partial charge >= 0.3 is 0 Å². The van der Waals surface area contributed by atoms with Gasteiger partial charge in [-0.25, -0.2) is 0 Å². The maximum absolute atomic E-state index is 3.47. The van der Waals surface area contributed by atoms with Crippen molar-refractivity contribution in [2.24, 2.45) is 11.8 Å². The lowest BCUT2D eigenvalue weighted by Gasteiger charge is -2.30. The number of piperidine rings is 1. The van der Waals surface area contributed by atoms with Crippen LogP contribution in [0, 0.1) is 11.8 Å². The number of unbranched alkanes of at least 4 members (excludes halogenated alkanes) is 1. The first-order valence-electron chi connectivity index (χ1n) is 6.59. The molecule has 0 bridgehead atoms. The molecule has 0 amide bonds. The van der Waals surface area contributed by atoms with Gasteiger partial charge in [0.1, 0.15) is 0 Å². The first kappa shape index (κ1) is 15.0. The normalized spacial score (nSPS) is 19.6. The molecule has 92 valence electrons. The SMILES string of the molecule is C.CCCCC(CCC)C1CCNCC1. The van der Waals surface area contributed by atoms with E-state index in [0.29, 0.717) is 0 Å². The summed E-state index contributed by atoms with van der Waals surface area (Å²) in [5.41, 5.74) is 0. The van der Waals surface area contributed by atoms with Crippen molar-refractivity contribution in [3.05, 3.63) is 0 Å². The Bertz CT molecular complexity index is 127. The fourth-order valence-electron chi connectivity index (χ4n) is 2.77. The minimum Gasteiger partial charge on any atom is -0.317 e. The van der Waals surface area contributed by atoms with Crippen molar-refractivity contribution in [2.75, 3.05) is 13.1 Å². The Hall–Kier alpha value is -0.0400. The fourth-order valence-corrected chi connectivity index (χ4v) is 2.77. The predicted molar refractivity (Wildman–Crippen MR) is 70.2 cm³/mol. The number of hydrogen-bond donors (Lipinski definition) is 1. The zero-order chi connectivity index (χ0) is 10.2. The number of nitrogens with one attached hydrogen (secondary N) is 1. The van der Waals surface area contributed by atoms with Gasteiger partial charge in [-0.05, 0) is 37.8 Å². The van der Waals surface area contributed by atoms with E-state index in [9.17, 15) is 0 Å². The van der Waals surface area contributed by atoms with Gasteiger partial charge < -0.3 is 5.32 Å². The van der Waals surface area contributed by atoms with Gasteiger partial charge in [0, 0.05) is 0 Å². The molecule has 1 unspecified atom stereocenters. The molecule has 0 radical (unpaired) electrons. The summed E-state index contributed by atoms with van der Waals surface area (Å²) in [5.74, 6) is 2.06. The summed E-state index contributed by atoms with van der Waals surface area (Å²) < 4.78 is 0. The maximum atomic E-state index is 3.47. The first-order valence-corrected chi connectivity index (χ1v) is 6.59. The summed E-state index contributed by atoms with van der Waals surface area (Å²) in [6, 6.07) is 0. The van der Waals surface area contributed by atoms with Crippen molar-refractivity contribution >= 4 is 0 Å². The van der Waals surface area contributed by atoms with E-state index in [1.165, 1.54) is 58.0 Å². The monoisotopic (exact) mass is 213 g/mol.